The lowest BCUT2D eigenvalue weighted by atomic mass is 10.1. The normalized spacial score (nSPS) is 14.0. The number of anilines is 1. The number of hydrogen-bond donors (Lipinski definition) is 0. The first-order valence-electron chi connectivity index (χ1n) is 5.98. The largest absolute Gasteiger partial charge is 0.431 e. The van der Waals surface area contributed by atoms with Crippen LogP contribution in [0.15, 0.2) is 42.5 Å². The van der Waals surface area contributed by atoms with E-state index in [1.54, 1.807) is 0 Å². The maximum atomic E-state index is 6.02. The number of nitrogens with zero attached hydrogens (tertiary/aromatic N) is 1. The molecule has 2 aromatic carbocycles. The van der Waals surface area contributed by atoms with Crippen LogP contribution in [0.4, 0.5) is 5.69 Å². The van der Waals surface area contributed by atoms with Crippen molar-refractivity contribution in [3.8, 4) is 5.75 Å². The number of halogens is 1. The highest BCUT2D eigenvalue weighted by atomic mass is 35.5. The molecule has 0 aromatic heterocycles. The second-order valence-electron chi connectivity index (χ2n) is 4.54. The molecule has 1 aliphatic rings. The average Bonchev–Trinajstić information content (AvgIpc) is 2.40. The number of aryl methyl sites for hydroxylation is 1. The first-order chi connectivity index (χ1) is 9.13. The summed E-state index contributed by atoms with van der Waals surface area (Å²) in [6, 6.07) is 13.8. The highest BCUT2D eigenvalue weighted by Crippen LogP contribution is 2.31. The summed E-state index contributed by atoms with van der Waals surface area (Å²) in [4.78, 5) is 1.97. The summed E-state index contributed by atoms with van der Waals surface area (Å²) in [6.07, 6.45) is 0. The fourth-order valence-electron chi connectivity index (χ4n) is 2.08. The minimum absolute atomic E-state index is 0.471. The third-order valence-electron chi connectivity index (χ3n) is 3.11. The van der Waals surface area contributed by atoms with Gasteiger partial charge in [0.2, 0.25) is 0 Å². The van der Waals surface area contributed by atoms with Crippen LogP contribution in [0, 0.1) is 6.92 Å². The Kier molecular flexibility index (Phi) is 3.17. The third-order valence-corrected chi connectivity index (χ3v) is 3.65. The lowest BCUT2D eigenvalue weighted by Crippen LogP contribution is -2.36. The second kappa shape index (κ2) is 4.83. The molecule has 2 aromatic rings. The van der Waals surface area contributed by atoms with Crippen LogP contribution in [-0.4, -0.2) is 5.17 Å². The Morgan fingerprint density at radius 2 is 1.89 bits per heavy atom. The van der Waals surface area contributed by atoms with Gasteiger partial charge in [-0.05, 0) is 49.5 Å². The molecule has 0 fully saturated rings. The van der Waals surface area contributed by atoms with Crippen molar-refractivity contribution in [1.29, 1.82) is 0 Å². The Morgan fingerprint density at radius 3 is 2.63 bits per heavy atom. The van der Waals surface area contributed by atoms with Crippen molar-refractivity contribution in [1.82, 2.24) is 0 Å². The van der Waals surface area contributed by atoms with Crippen molar-refractivity contribution >= 4 is 34.7 Å². The molecule has 0 saturated carbocycles. The number of thiocarbonyl (C=S) groups is 1. The highest BCUT2D eigenvalue weighted by Gasteiger charge is 2.23. The van der Waals surface area contributed by atoms with E-state index in [0.29, 0.717) is 16.7 Å². The van der Waals surface area contributed by atoms with Crippen LogP contribution in [0.1, 0.15) is 11.1 Å². The smallest absolute Gasteiger partial charge is 0.269 e. The summed E-state index contributed by atoms with van der Waals surface area (Å²) >= 11 is 11.3. The van der Waals surface area contributed by atoms with E-state index >= 15 is 0 Å². The number of rotatable bonds is 1. The third kappa shape index (κ3) is 2.44. The van der Waals surface area contributed by atoms with E-state index in [0.717, 1.165) is 17.0 Å². The van der Waals surface area contributed by atoms with Crippen LogP contribution >= 0.6 is 23.8 Å². The lowest BCUT2D eigenvalue weighted by Gasteiger charge is -2.30. The molecule has 0 spiro atoms. The quantitative estimate of drug-likeness (QED) is 0.725. The predicted octanol–water partition coefficient (Wildman–Crippen LogP) is 4.33. The van der Waals surface area contributed by atoms with Crippen LogP contribution in [0.25, 0.3) is 0 Å². The zero-order valence-electron chi connectivity index (χ0n) is 10.4. The van der Waals surface area contributed by atoms with Gasteiger partial charge in [0.15, 0.2) is 0 Å². The Morgan fingerprint density at radius 1 is 1.16 bits per heavy atom. The number of fused-ring (bicyclic) bond motifs is 1. The highest BCUT2D eigenvalue weighted by molar-refractivity contribution is 7.80. The van der Waals surface area contributed by atoms with Crippen molar-refractivity contribution < 1.29 is 4.74 Å². The van der Waals surface area contributed by atoms with Gasteiger partial charge in [0.25, 0.3) is 5.17 Å². The van der Waals surface area contributed by atoms with Crippen LogP contribution in [0.5, 0.6) is 5.75 Å². The van der Waals surface area contributed by atoms with E-state index in [1.165, 1.54) is 5.56 Å². The molecule has 0 amide bonds. The molecule has 3 rings (SSSR count). The van der Waals surface area contributed by atoms with Gasteiger partial charge in [-0.25, -0.2) is 0 Å². The minimum Gasteiger partial charge on any atom is -0.431 e. The molecule has 1 aliphatic heterocycles. The Labute approximate surface area is 122 Å². The lowest BCUT2D eigenvalue weighted by molar-refractivity contribution is 0.518. The number of benzene rings is 2. The van der Waals surface area contributed by atoms with Crippen molar-refractivity contribution in [3.63, 3.8) is 0 Å². The van der Waals surface area contributed by atoms with Crippen LogP contribution in [-0.2, 0) is 6.54 Å². The zero-order chi connectivity index (χ0) is 13.4. The van der Waals surface area contributed by atoms with Gasteiger partial charge in [0.05, 0.1) is 6.54 Å². The number of ether oxygens (including phenoxy) is 1. The summed E-state index contributed by atoms with van der Waals surface area (Å²) in [7, 11) is 0. The fraction of sp³-hybridized carbons (Fsp3) is 0.133. The molecule has 0 saturated heterocycles. The summed E-state index contributed by atoms with van der Waals surface area (Å²) < 4.78 is 5.68. The first-order valence-corrected chi connectivity index (χ1v) is 6.76. The molecular weight excluding hydrogens is 278 g/mol. The molecule has 0 aliphatic carbocycles. The molecule has 4 heteroatoms. The Bertz CT molecular complexity index is 639. The van der Waals surface area contributed by atoms with Crippen molar-refractivity contribution in [2.75, 3.05) is 4.90 Å². The maximum Gasteiger partial charge on any atom is 0.269 e. The second-order valence-corrected chi connectivity index (χ2v) is 5.33. The SMILES string of the molecule is Cc1ccc(N2Cc3cc(Cl)ccc3OC2=S)cc1. The maximum absolute atomic E-state index is 6.02. The van der Waals surface area contributed by atoms with Crippen molar-refractivity contribution in [2.24, 2.45) is 0 Å². The van der Waals surface area contributed by atoms with E-state index in [4.69, 9.17) is 28.6 Å². The summed E-state index contributed by atoms with van der Waals surface area (Å²) in [5, 5.41) is 1.18. The van der Waals surface area contributed by atoms with Crippen LogP contribution in [0.3, 0.4) is 0 Å². The van der Waals surface area contributed by atoms with Gasteiger partial charge in [0, 0.05) is 16.3 Å². The van der Waals surface area contributed by atoms with Crippen LogP contribution in [0.2, 0.25) is 5.02 Å². The Hall–Kier alpha value is -1.58. The first kappa shape index (κ1) is 12.5. The van der Waals surface area contributed by atoms with Gasteiger partial charge in [-0.1, -0.05) is 29.3 Å². The molecule has 19 heavy (non-hydrogen) atoms. The van der Waals surface area contributed by atoms with Gasteiger partial charge >= 0.3 is 0 Å². The van der Waals surface area contributed by atoms with E-state index in [1.807, 2.05) is 35.2 Å². The molecule has 0 atom stereocenters. The molecule has 0 bridgehead atoms. The molecular formula is C15H12ClNOS. The minimum atomic E-state index is 0.471. The predicted molar refractivity (Wildman–Crippen MR) is 82.0 cm³/mol. The topological polar surface area (TPSA) is 12.5 Å². The fourth-order valence-corrected chi connectivity index (χ4v) is 2.53. The monoisotopic (exact) mass is 289 g/mol. The number of hydrogen-bond acceptors (Lipinski definition) is 2. The average molecular weight is 290 g/mol. The van der Waals surface area contributed by atoms with Gasteiger partial charge < -0.3 is 4.74 Å². The van der Waals surface area contributed by atoms with Crippen LogP contribution < -0.4 is 9.64 Å². The van der Waals surface area contributed by atoms with E-state index in [-0.39, 0.29) is 0 Å². The van der Waals surface area contributed by atoms with E-state index in [2.05, 4.69) is 19.1 Å². The molecule has 1 heterocycles. The van der Waals surface area contributed by atoms with Crippen molar-refractivity contribution in [2.45, 2.75) is 13.5 Å². The van der Waals surface area contributed by atoms with Crippen molar-refractivity contribution in [3.05, 3.63) is 58.6 Å². The van der Waals surface area contributed by atoms with Gasteiger partial charge in [0.1, 0.15) is 5.75 Å². The molecule has 0 radical (unpaired) electrons. The van der Waals surface area contributed by atoms with E-state index in [9.17, 15) is 0 Å². The standard InChI is InChI=1S/C15H12ClNOS/c1-10-2-5-13(6-3-10)17-9-11-8-12(16)4-7-14(11)18-15(17)19/h2-8H,9H2,1H3. The van der Waals surface area contributed by atoms with E-state index < -0.39 is 0 Å². The zero-order valence-corrected chi connectivity index (χ0v) is 12.0. The van der Waals surface area contributed by atoms with Gasteiger partial charge in [-0.2, -0.15) is 0 Å². The van der Waals surface area contributed by atoms with Gasteiger partial charge in [-0.3, -0.25) is 4.90 Å². The summed E-state index contributed by atoms with van der Waals surface area (Å²) in [5.74, 6) is 0.790. The molecule has 0 N–H and O–H groups in total. The molecule has 0 unspecified atom stereocenters. The summed E-state index contributed by atoms with van der Waals surface area (Å²) in [6.45, 7) is 2.74. The Balaban J connectivity index is 1.96. The summed E-state index contributed by atoms with van der Waals surface area (Å²) in [5.41, 5.74) is 3.29. The molecule has 96 valence electrons. The molecule has 2 nitrogen and oxygen atoms in total. The van der Waals surface area contributed by atoms with Gasteiger partial charge in [-0.15, -0.1) is 0 Å².